The van der Waals surface area contributed by atoms with Gasteiger partial charge in [-0.3, -0.25) is 0 Å². The van der Waals surface area contributed by atoms with E-state index in [1.807, 2.05) is 12.1 Å². The lowest BCUT2D eigenvalue weighted by Gasteiger charge is -2.23. The van der Waals surface area contributed by atoms with Crippen LogP contribution in [0.3, 0.4) is 0 Å². The molecule has 0 saturated carbocycles. The smallest absolute Gasteiger partial charge is 0.207 e. The van der Waals surface area contributed by atoms with E-state index in [2.05, 4.69) is 32.0 Å². The van der Waals surface area contributed by atoms with Crippen molar-refractivity contribution in [3.05, 3.63) is 65.7 Å². The standard InChI is InChI=1S/C18H23NO2S/c1-4-16(17-10-8-9-15(2)13-17)14-19(3)22(20,21)18-11-6-5-7-12-18/h5-13,16H,4,14H2,1-3H3. The summed E-state index contributed by atoms with van der Waals surface area (Å²) in [5.74, 6) is 0.198. The van der Waals surface area contributed by atoms with Gasteiger partial charge in [0.15, 0.2) is 0 Å². The molecule has 0 aromatic heterocycles. The third kappa shape index (κ3) is 3.76. The van der Waals surface area contributed by atoms with Gasteiger partial charge in [-0.25, -0.2) is 12.7 Å². The molecule has 0 N–H and O–H groups in total. The molecule has 0 saturated heterocycles. The minimum Gasteiger partial charge on any atom is -0.207 e. The molecular formula is C18H23NO2S. The summed E-state index contributed by atoms with van der Waals surface area (Å²) in [6.45, 7) is 4.63. The Morgan fingerprint density at radius 3 is 2.32 bits per heavy atom. The number of rotatable bonds is 6. The molecule has 0 radical (unpaired) electrons. The predicted molar refractivity (Wildman–Crippen MR) is 90.5 cm³/mol. The number of likely N-dealkylation sites (N-methyl/N-ethyl adjacent to an activating group) is 1. The normalized spacial score (nSPS) is 13.3. The van der Waals surface area contributed by atoms with Crippen molar-refractivity contribution in [1.82, 2.24) is 4.31 Å². The van der Waals surface area contributed by atoms with Crippen molar-refractivity contribution in [2.75, 3.05) is 13.6 Å². The first kappa shape index (κ1) is 16.7. The number of hydrogen-bond donors (Lipinski definition) is 0. The molecule has 0 fully saturated rings. The zero-order valence-electron chi connectivity index (χ0n) is 13.4. The van der Waals surface area contributed by atoms with Gasteiger partial charge in [-0.2, -0.15) is 0 Å². The van der Waals surface area contributed by atoms with Gasteiger partial charge in [0.05, 0.1) is 4.90 Å². The molecule has 22 heavy (non-hydrogen) atoms. The van der Waals surface area contributed by atoms with E-state index < -0.39 is 10.0 Å². The second-order valence-corrected chi connectivity index (χ2v) is 7.66. The fourth-order valence-corrected chi connectivity index (χ4v) is 3.81. The van der Waals surface area contributed by atoms with E-state index in [4.69, 9.17) is 0 Å². The van der Waals surface area contributed by atoms with Crippen molar-refractivity contribution in [1.29, 1.82) is 0 Å². The van der Waals surface area contributed by atoms with Crippen molar-refractivity contribution in [3.8, 4) is 0 Å². The summed E-state index contributed by atoms with van der Waals surface area (Å²) in [6, 6.07) is 16.9. The number of benzene rings is 2. The molecule has 0 aliphatic heterocycles. The molecule has 0 bridgehead atoms. The molecule has 4 heteroatoms. The Balaban J connectivity index is 2.21. The topological polar surface area (TPSA) is 37.4 Å². The van der Waals surface area contributed by atoms with Crippen LogP contribution in [0.1, 0.15) is 30.4 Å². The molecular weight excluding hydrogens is 294 g/mol. The number of nitrogens with zero attached hydrogens (tertiary/aromatic N) is 1. The Kier molecular flexibility index (Phi) is 5.37. The number of aryl methyl sites for hydroxylation is 1. The highest BCUT2D eigenvalue weighted by Crippen LogP contribution is 2.24. The number of sulfonamides is 1. The van der Waals surface area contributed by atoms with Crippen LogP contribution in [0.15, 0.2) is 59.5 Å². The lowest BCUT2D eigenvalue weighted by molar-refractivity contribution is 0.430. The Hall–Kier alpha value is -1.65. The van der Waals surface area contributed by atoms with E-state index >= 15 is 0 Å². The Bertz CT molecular complexity index is 711. The first-order valence-corrected chi connectivity index (χ1v) is 8.97. The monoisotopic (exact) mass is 317 g/mol. The van der Waals surface area contributed by atoms with Gasteiger partial charge >= 0.3 is 0 Å². The van der Waals surface area contributed by atoms with Gasteiger partial charge in [0.25, 0.3) is 0 Å². The molecule has 0 aliphatic rings. The van der Waals surface area contributed by atoms with Crippen molar-refractivity contribution in [2.45, 2.75) is 31.1 Å². The van der Waals surface area contributed by atoms with E-state index in [1.165, 1.54) is 15.4 Å². The van der Waals surface area contributed by atoms with Crippen molar-refractivity contribution < 1.29 is 8.42 Å². The Morgan fingerprint density at radius 1 is 1.05 bits per heavy atom. The molecule has 1 unspecified atom stereocenters. The highest BCUT2D eigenvalue weighted by molar-refractivity contribution is 7.89. The molecule has 0 spiro atoms. The van der Waals surface area contributed by atoms with Crippen LogP contribution in [0.25, 0.3) is 0 Å². The summed E-state index contributed by atoms with van der Waals surface area (Å²) in [7, 11) is -1.78. The number of hydrogen-bond acceptors (Lipinski definition) is 2. The quantitative estimate of drug-likeness (QED) is 0.812. The first-order valence-electron chi connectivity index (χ1n) is 7.53. The minimum absolute atomic E-state index is 0.198. The van der Waals surface area contributed by atoms with E-state index in [9.17, 15) is 8.42 Å². The fraction of sp³-hybridized carbons (Fsp3) is 0.333. The highest BCUT2D eigenvalue weighted by atomic mass is 32.2. The van der Waals surface area contributed by atoms with Crippen molar-refractivity contribution in [3.63, 3.8) is 0 Å². The third-order valence-corrected chi connectivity index (χ3v) is 5.77. The minimum atomic E-state index is -3.43. The van der Waals surface area contributed by atoms with Crippen molar-refractivity contribution in [2.24, 2.45) is 0 Å². The van der Waals surface area contributed by atoms with Crippen LogP contribution in [0, 0.1) is 6.92 Å². The molecule has 0 aliphatic carbocycles. The molecule has 2 aromatic rings. The van der Waals surface area contributed by atoms with Crippen LogP contribution in [-0.4, -0.2) is 26.3 Å². The van der Waals surface area contributed by atoms with Crippen LogP contribution < -0.4 is 0 Å². The molecule has 2 aromatic carbocycles. The van der Waals surface area contributed by atoms with Gasteiger partial charge in [-0.15, -0.1) is 0 Å². The average Bonchev–Trinajstić information content (AvgIpc) is 2.53. The Morgan fingerprint density at radius 2 is 1.73 bits per heavy atom. The van der Waals surface area contributed by atoms with Gasteiger partial charge in [0.2, 0.25) is 10.0 Å². The molecule has 0 heterocycles. The summed E-state index contributed by atoms with van der Waals surface area (Å²) in [4.78, 5) is 0.344. The van der Waals surface area contributed by atoms with Crippen LogP contribution in [0.5, 0.6) is 0 Å². The first-order chi connectivity index (χ1) is 10.4. The summed E-state index contributed by atoms with van der Waals surface area (Å²) in [6.07, 6.45) is 0.901. The van der Waals surface area contributed by atoms with Crippen LogP contribution in [-0.2, 0) is 10.0 Å². The van der Waals surface area contributed by atoms with Gasteiger partial charge < -0.3 is 0 Å². The SMILES string of the molecule is CCC(CN(C)S(=O)(=O)c1ccccc1)c1cccc(C)c1. The lowest BCUT2D eigenvalue weighted by atomic mass is 9.95. The second-order valence-electron chi connectivity index (χ2n) is 5.62. The third-order valence-electron chi connectivity index (χ3n) is 3.94. The van der Waals surface area contributed by atoms with Gasteiger partial charge in [-0.05, 0) is 37.0 Å². The predicted octanol–water partition coefficient (Wildman–Crippen LogP) is 3.81. The molecule has 1 atom stereocenters. The van der Waals surface area contributed by atoms with Gasteiger partial charge in [0, 0.05) is 13.6 Å². The molecule has 3 nitrogen and oxygen atoms in total. The van der Waals surface area contributed by atoms with Crippen LogP contribution in [0.2, 0.25) is 0 Å². The Labute approximate surface area is 133 Å². The lowest BCUT2D eigenvalue weighted by Crippen LogP contribution is -2.31. The van der Waals surface area contributed by atoms with Gasteiger partial charge in [0.1, 0.15) is 0 Å². The highest BCUT2D eigenvalue weighted by Gasteiger charge is 2.23. The van der Waals surface area contributed by atoms with Crippen LogP contribution in [0.4, 0.5) is 0 Å². The molecule has 118 valence electrons. The maximum absolute atomic E-state index is 12.6. The summed E-state index contributed by atoms with van der Waals surface area (Å²) >= 11 is 0. The van der Waals surface area contributed by atoms with E-state index in [-0.39, 0.29) is 5.92 Å². The van der Waals surface area contributed by atoms with Crippen molar-refractivity contribution >= 4 is 10.0 Å². The second kappa shape index (κ2) is 7.07. The maximum Gasteiger partial charge on any atom is 0.242 e. The zero-order chi connectivity index (χ0) is 16.2. The summed E-state index contributed by atoms with van der Waals surface area (Å²) < 4.78 is 26.7. The van der Waals surface area contributed by atoms with E-state index in [0.29, 0.717) is 11.4 Å². The average molecular weight is 317 g/mol. The fourth-order valence-electron chi connectivity index (χ4n) is 2.58. The van der Waals surface area contributed by atoms with Gasteiger partial charge in [-0.1, -0.05) is 55.0 Å². The molecule has 0 amide bonds. The van der Waals surface area contributed by atoms with E-state index in [1.54, 1.807) is 31.3 Å². The van der Waals surface area contributed by atoms with E-state index in [0.717, 1.165) is 6.42 Å². The van der Waals surface area contributed by atoms with Crippen LogP contribution >= 0.6 is 0 Å². The summed E-state index contributed by atoms with van der Waals surface area (Å²) in [5, 5.41) is 0. The largest absolute Gasteiger partial charge is 0.242 e. The molecule has 2 rings (SSSR count). The maximum atomic E-state index is 12.6. The summed E-state index contributed by atoms with van der Waals surface area (Å²) in [5.41, 5.74) is 2.39. The zero-order valence-corrected chi connectivity index (χ0v) is 14.2.